The van der Waals surface area contributed by atoms with E-state index in [1.54, 1.807) is 17.1 Å². The molecule has 0 saturated carbocycles. The molecule has 0 bridgehead atoms. The number of ether oxygens (including phenoxy) is 1. The van der Waals surface area contributed by atoms with Crippen LogP contribution < -0.4 is 11.1 Å². The zero-order valence-corrected chi connectivity index (χ0v) is 15.7. The highest BCUT2D eigenvalue weighted by atomic mass is 32.2. The van der Waals surface area contributed by atoms with Crippen molar-refractivity contribution < 1.29 is 9.53 Å². The highest BCUT2D eigenvalue weighted by molar-refractivity contribution is 8.13. The van der Waals surface area contributed by atoms with Gasteiger partial charge in [0, 0.05) is 29.4 Å². The quantitative estimate of drug-likeness (QED) is 0.822. The van der Waals surface area contributed by atoms with Crippen molar-refractivity contribution in [1.29, 1.82) is 0 Å². The molecular formula is C16H18N6O2S2. The van der Waals surface area contributed by atoms with Crippen molar-refractivity contribution in [2.24, 2.45) is 16.6 Å². The number of nitrogens with two attached hydrogens (primary N) is 1. The third kappa shape index (κ3) is 3.19. The SMILES string of the molecule is C[C@H]1C[C@H]2CSC(N)=NC2(c2nc(NC(=O)c3cnccn3)cs2)CO1. The van der Waals surface area contributed by atoms with Crippen molar-refractivity contribution in [3.63, 3.8) is 0 Å². The number of aromatic nitrogens is 3. The highest BCUT2D eigenvalue weighted by Gasteiger charge is 2.49. The number of carbonyl (C=O) groups excluding carboxylic acids is 1. The summed E-state index contributed by atoms with van der Waals surface area (Å²) in [6.45, 7) is 2.52. The number of thioether (sulfide) groups is 1. The Bertz CT molecular complexity index is 842. The topological polar surface area (TPSA) is 115 Å². The molecule has 0 spiro atoms. The molecule has 136 valence electrons. The molecule has 2 aromatic rings. The molecule has 26 heavy (non-hydrogen) atoms. The van der Waals surface area contributed by atoms with Crippen molar-refractivity contribution in [2.45, 2.75) is 25.0 Å². The van der Waals surface area contributed by atoms with Crippen molar-refractivity contribution in [3.05, 3.63) is 34.7 Å². The van der Waals surface area contributed by atoms with Gasteiger partial charge in [0.1, 0.15) is 22.1 Å². The van der Waals surface area contributed by atoms with Crippen LogP contribution in [0.25, 0.3) is 0 Å². The summed E-state index contributed by atoms with van der Waals surface area (Å²) in [7, 11) is 0. The standard InChI is InChI=1S/C16H18N6O2S2/c1-9-4-10-6-26-15(17)22-16(10,8-24-9)14-21-12(7-25-14)20-13(23)11-5-18-2-3-19-11/h2-3,5,7,9-10H,4,6,8H2,1H3,(H2,17,22)(H,20,23)/t9-,10-,16?/m0/s1. The van der Waals surface area contributed by atoms with Crippen molar-refractivity contribution in [1.82, 2.24) is 15.0 Å². The lowest BCUT2D eigenvalue weighted by molar-refractivity contribution is -0.0466. The summed E-state index contributed by atoms with van der Waals surface area (Å²) in [6, 6.07) is 0. The van der Waals surface area contributed by atoms with Gasteiger partial charge in [-0.1, -0.05) is 11.8 Å². The summed E-state index contributed by atoms with van der Waals surface area (Å²) >= 11 is 3.04. The Kier molecular flexibility index (Phi) is 4.63. The third-order valence-corrected chi connectivity index (χ3v) is 6.50. The molecule has 2 aliphatic heterocycles. The lowest BCUT2D eigenvalue weighted by atomic mass is 9.80. The molecule has 3 atom stereocenters. The van der Waals surface area contributed by atoms with Crippen LogP contribution in [0.2, 0.25) is 0 Å². The number of nitrogens with one attached hydrogen (secondary N) is 1. The van der Waals surface area contributed by atoms with Gasteiger partial charge in [-0.25, -0.2) is 15.0 Å². The van der Waals surface area contributed by atoms with Crippen LogP contribution >= 0.6 is 23.1 Å². The normalized spacial score (nSPS) is 28.1. The number of amides is 1. The number of carbonyl (C=O) groups is 1. The van der Waals surface area contributed by atoms with Crippen LogP contribution in [0.15, 0.2) is 29.0 Å². The summed E-state index contributed by atoms with van der Waals surface area (Å²) in [4.78, 5) is 29.5. The molecule has 1 fully saturated rings. The Morgan fingerprint density at radius 2 is 2.35 bits per heavy atom. The van der Waals surface area contributed by atoms with E-state index in [2.05, 4.69) is 27.2 Å². The number of rotatable bonds is 3. The van der Waals surface area contributed by atoms with E-state index >= 15 is 0 Å². The Balaban J connectivity index is 1.60. The number of nitrogens with zero attached hydrogens (tertiary/aromatic N) is 4. The number of hydrogen-bond donors (Lipinski definition) is 2. The second-order valence-electron chi connectivity index (χ2n) is 6.32. The first-order valence-electron chi connectivity index (χ1n) is 8.20. The first-order chi connectivity index (χ1) is 12.6. The minimum absolute atomic E-state index is 0.194. The van der Waals surface area contributed by atoms with Gasteiger partial charge in [0.25, 0.3) is 5.91 Å². The van der Waals surface area contributed by atoms with Crippen LogP contribution in [0.4, 0.5) is 5.82 Å². The van der Waals surface area contributed by atoms with Crippen molar-refractivity contribution in [2.75, 3.05) is 17.7 Å². The van der Waals surface area contributed by atoms with Crippen LogP contribution in [-0.2, 0) is 10.3 Å². The minimum atomic E-state index is -0.567. The van der Waals surface area contributed by atoms with Crippen LogP contribution in [0, 0.1) is 5.92 Å². The maximum Gasteiger partial charge on any atom is 0.277 e. The van der Waals surface area contributed by atoms with E-state index < -0.39 is 5.54 Å². The summed E-state index contributed by atoms with van der Waals surface area (Å²) in [5.74, 6) is 1.32. The molecular weight excluding hydrogens is 372 g/mol. The monoisotopic (exact) mass is 390 g/mol. The van der Waals surface area contributed by atoms with Gasteiger partial charge >= 0.3 is 0 Å². The predicted molar refractivity (Wildman–Crippen MR) is 101 cm³/mol. The van der Waals surface area contributed by atoms with Gasteiger partial charge in [-0.15, -0.1) is 11.3 Å². The molecule has 1 unspecified atom stereocenters. The van der Waals surface area contributed by atoms with Gasteiger partial charge in [-0.3, -0.25) is 9.78 Å². The van der Waals surface area contributed by atoms with Crippen molar-refractivity contribution in [3.8, 4) is 0 Å². The van der Waals surface area contributed by atoms with E-state index in [9.17, 15) is 4.79 Å². The fourth-order valence-electron chi connectivity index (χ4n) is 3.21. The zero-order chi connectivity index (χ0) is 18.1. The first-order valence-corrected chi connectivity index (χ1v) is 10.1. The second-order valence-corrected chi connectivity index (χ2v) is 8.22. The van der Waals surface area contributed by atoms with Crippen LogP contribution in [0.5, 0.6) is 0 Å². The summed E-state index contributed by atoms with van der Waals surface area (Å²) in [5, 5.41) is 5.94. The summed E-state index contributed by atoms with van der Waals surface area (Å²) in [5.41, 5.74) is 5.68. The lowest BCUT2D eigenvalue weighted by Gasteiger charge is -2.44. The molecule has 4 rings (SSSR count). The molecule has 1 saturated heterocycles. The smallest absolute Gasteiger partial charge is 0.277 e. The maximum atomic E-state index is 12.3. The van der Waals surface area contributed by atoms with Crippen LogP contribution in [0.1, 0.15) is 28.8 Å². The zero-order valence-electron chi connectivity index (χ0n) is 14.1. The van der Waals surface area contributed by atoms with Crippen molar-refractivity contribution >= 4 is 40.0 Å². The summed E-state index contributed by atoms with van der Waals surface area (Å²) < 4.78 is 5.90. The number of fused-ring (bicyclic) bond motifs is 1. The molecule has 2 aliphatic rings. The molecule has 1 amide bonds. The molecule has 0 radical (unpaired) electrons. The number of hydrogen-bond acceptors (Lipinski definition) is 9. The largest absolute Gasteiger partial charge is 0.379 e. The van der Waals surface area contributed by atoms with E-state index in [4.69, 9.17) is 15.5 Å². The fourth-order valence-corrected chi connectivity index (χ4v) is 5.18. The molecule has 8 nitrogen and oxygen atoms in total. The van der Waals surface area contributed by atoms with Gasteiger partial charge in [0.2, 0.25) is 0 Å². The van der Waals surface area contributed by atoms with E-state index in [1.807, 2.05) is 0 Å². The van der Waals surface area contributed by atoms with Gasteiger partial charge < -0.3 is 15.8 Å². The number of thiazole rings is 1. The fraction of sp³-hybridized carbons (Fsp3) is 0.438. The molecule has 0 aromatic carbocycles. The average Bonchev–Trinajstić information content (AvgIpc) is 3.12. The summed E-state index contributed by atoms with van der Waals surface area (Å²) in [6.07, 6.45) is 5.51. The van der Waals surface area contributed by atoms with E-state index in [-0.39, 0.29) is 17.7 Å². The lowest BCUT2D eigenvalue weighted by Crippen LogP contribution is -2.49. The number of aliphatic imine (C=N–C) groups is 1. The Hall–Kier alpha value is -2.04. The van der Waals surface area contributed by atoms with E-state index in [1.165, 1.54) is 29.9 Å². The minimum Gasteiger partial charge on any atom is -0.379 e. The van der Waals surface area contributed by atoms with E-state index in [0.717, 1.165) is 17.2 Å². The van der Waals surface area contributed by atoms with Gasteiger partial charge in [-0.05, 0) is 13.3 Å². The van der Waals surface area contributed by atoms with Gasteiger partial charge in [0.05, 0.1) is 18.9 Å². The molecule has 3 N–H and O–H groups in total. The molecule has 10 heteroatoms. The molecule has 2 aromatic heterocycles. The Labute approximate surface area is 158 Å². The highest BCUT2D eigenvalue weighted by Crippen LogP contribution is 2.46. The maximum absolute atomic E-state index is 12.3. The second kappa shape index (κ2) is 6.93. The first kappa shape index (κ1) is 17.4. The van der Waals surface area contributed by atoms with Crippen LogP contribution in [-0.4, -0.2) is 44.5 Å². The van der Waals surface area contributed by atoms with Gasteiger partial charge in [-0.2, -0.15) is 0 Å². The Morgan fingerprint density at radius 3 is 3.15 bits per heavy atom. The number of anilines is 1. The third-order valence-electron chi connectivity index (χ3n) is 4.53. The van der Waals surface area contributed by atoms with Crippen LogP contribution in [0.3, 0.4) is 0 Å². The molecule has 4 heterocycles. The Morgan fingerprint density at radius 1 is 1.46 bits per heavy atom. The molecule has 0 aliphatic carbocycles. The van der Waals surface area contributed by atoms with E-state index in [0.29, 0.717) is 23.5 Å². The average molecular weight is 390 g/mol. The van der Waals surface area contributed by atoms with Gasteiger partial charge in [0.15, 0.2) is 5.17 Å². The predicted octanol–water partition coefficient (Wildman–Crippen LogP) is 1.87. The number of amidine groups is 1.